The molecule has 0 radical (unpaired) electrons. The second kappa shape index (κ2) is 6.82. The van der Waals surface area contributed by atoms with Gasteiger partial charge in [-0.25, -0.2) is 4.39 Å². The summed E-state index contributed by atoms with van der Waals surface area (Å²) in [6.45, 7) is 0. The van der Waals surface area contributed by atoms with Gasteiger partial charge in [-0.05, 0) is 66.6 Å². The summed E-state index contributed by atoms with van der Waals surface area (Å²) in [5.74, 6) is 0.787. The van der Waals surface area contributed by atoms with E-state index in [-0.39, 0.29) is 23.8 Å². The average Bonchev–Trinajstić information content (AvgIpc) is 3.35. The van der Waals surface area contributed by atoms with Crippen LogP contribution in [0.2, 0.25) is 0 Å². The van der Waals surface area contributed by atoms with E-state index < -0.39 is 0 Å². The highest BCUT2D eigenvalue weighted by molar-refractivity contribution is 5.95. The minimum Gasteiger partial charge on any atom is -0.333 e. The Morgan fingerprint density at radius 3 is 2.29 bits per heavy atom. The molecule has 0 saturated carbocycles. The third-order valence-corrected chi connectivity index (χ3v) is 6.04. The minimum absolute atomic E-state index is 0.0877. The van der Waals surface area contributed by atoms with Crippen molar-refractivity contribution in [2.75, 3.05) is 0 Å². The Bertz CT molecular complexity index is 957. The van der Waals surface area contributed by atoms with Crippen molar-refractivity contribution in [3.05, 3.63) is 65.5 Å². The van der Waals surface area contributed by atoms with Crippen LogP contribution in [0.5, 0.6) is 0 Å². The number of hydrogen-bond acceptors (Lipinski definition) is 4. The van der Waals surface area contributed by atoms with E-state index in [0.29, 0.717) is 17.3 Å². The first-order valence-electron chi connectivity index (χ1n) is 9.61. The number of carbonyl (C=O) groups is 1. The predicted molar refractivity (Wildman–Crippen MR) is 101 cm³/mol. The van der Waals surface area contributed by atoms with E-state index in [1.54, 1.807) is 0 Å². The van der Waals surface area contributed by atoms with Crippen LogP contribution in [0.25, 0.3) is 11.4 Å². The van der Waals surface area contributed by atoms with E-state index in [4.69, 9.17) is 0 Å². The first kappa shape index (κ1) is 17.0. The van der Waals surface area contributed by atoms with Crippen LogP contribution in [-0.4, -0.2) is 43.5 Å². The topological polar surface area (TPSA) is 74.8 Å². The summed E-state index contributed by atoms with van der Waals surface area (Å²) in [4.78, 5) is 15.2. The fourth-order valence-corrected chi connectivity index (χ4v) is 4.71. The van der Waals surface area contributed by atoms with Gasteiger partial charge in [0.25, 0.3) is 5.91 Å². The van der Waals surface area contributed by atoms with Gasteiger partial charge in [0.05, 0.1) is 0 Å². The zero-order valence-corrected chi connectivity index (χ0v) is 15.3. The highest BCUT2D eigenvalue weighted by Crippen LogP contribution is 2.43. The molecule has 0 spiro atoms. The molecule has 2 aromatic carbocycles. The van der Waals surface area contributed by atoms with Gasteiger partial charge in [-0.2, -0.15) is 5.21 Å². The normalized spacial score (nSPS) is 23.8. The molecule has 142 valence electrons. The van der Waals surface area contributed by atoms with Crippen LogP contribution in [0.4, 0.5) is 4.39 Å². The molecule has 28 heavy (non-hydrogen) atoms. The summed E-state index contributed by atoms with van der Waals surface area (Å²) in [5.41, 5.74) is 2.68. The summed E-state index contributed by atoms with van der Waals surface area (Å²) < 4.78 is 13.2. The fourth-order valence-electron chi connectivity index (χ4n) is 4.71. The largest absolute Gasteiger partial charge is 0.333 e. The number of tetrazole rings is 1. The standard InChI is InChI=1S/C21H20FN5O/c22-17-7-5-13(6-8-17)16-11-18-9-10-19(12-16)27(18)21(28)15-3-1-14(2-4-15)20-23-25-26-24-20/h1-8,16,18-19H,9-12H2,(H,23,24,25,26)/t16?,18-,19+. The van der Waals surface area contributed by atoms with Crippen molar-refractivity contribution in [1.82, 2.24) is 25.5 Å². The van der Waals surface area contributed by atoms with E-state index >= 15 is 0 Å². The van der Waals surface area contributed by atoms with E-state index in [1.807, 2.05) is 36.4 Å². The molecule has 2 fully saturated rings. The highest BCUT2D eigenvalue weighted by Gasteiger charge is 2.43. The molecule has 3 aromatic rings. The van der Waals surface area contributed by atoms with Crippen LogP contribution in [0, 0.1) is 5.82 Å². The van der Waals surface area contributed by atoms with Gasteiger partial charge in [0.15, 0.2) is 0 Å². The molecule has 2 saturated heterocycles. The molecule has 0 aliphatic carbocycles. The second-order valence-electron chi connectivity index (χ2n) is 7.63. The molecule has 1 aromatic heterocycles. The smallest absolute Gasteiger partial charge is 0.254 e. The quantitative estimate of drug-likeness (QED) is 0.757. The molecule has 7 heteroatoms. The maximum Gasteiger partial charge on any atom is 0.254 e. The maximum absolute atomic E-state index is 13.2. The van der Waals surface area contributed by atoms with Gasteiger partial charge in [0.1, 0.15) is 5.82 Å². The molecule has 1 unspecified atom stereocenters. The second-order valence-corrected chi connectivity index (χ2v) is 7.63. The predicted octanol–water partition coefficient (Wildman–Crippen LogP) is 3.56. The molecule has 2 aliphatic rings. The molecular formula is C21H20FN5O. The van der Waals surface area contributed by atoms with Gasteiger partial charge in [0.2, 0.25) is 5.82 Å². The minimum atomic E-state index is -0.205. The van der Waals surface area contributed by atoms with Crippen LogP contribution < -0.4 is 0 Å². The van der Waals surface area contributed by atoms with Gasteiger partial charge in [-0.3, -0.25) is 4.79 Å². The number of aromatic amines is 1. The van der Waals surface area contributed by atoms with Crippen molar-refractivity contribution < 1.29 is 9.18 Å². The van der Waals surface area contributed by atoms with Crippen LogP contribution in [0.1, 0.15) is 47.5 Å². The number of nitrogens with zero attached hydrogens (tertiary/aromatic N) is 4. The number of aromatic nitrogens is 4. The third-order valence-electron chi connectivity index (χ3n) is 6.04. The number of nitrogens with one attached hydrogen (secondary N) is 1. The Hall–Kier alpha value is -3.09. The Morgan fingerprint density at radius 1 is 1.00 bits per heavy atom. The van der Waals surface area contributed by atoms with E-state index in [9.17, 15) is 9.18 Å². The number of rotatable bonds is 3. The fraction of sp³-hybridized carbons (Fsp3) is 0.333. The molecule has 2 bridgehead atoms. The number of hydrogen-bond donors (Lipinski definition) is 1. The van der Waals surface area contributed by atoms with Crippen LogP contribution in [0.15, 0.2) is 48.5 Å². The monoisotopic (exact) mass is 377 g/mol. The van der Waals surface area contributed by atoms with Crippen molar-refractivity contribution in [2.24, 2.45) is 0 Å². The van der Waals surface area contributed by atoms with E-state index in [1.165, 1.54) is 17.7 Å². The highest BCUT2D eigenvalue weighted by atomic mass is 19.1. The van der Waals surface area contributed by atoms with Gasteiger partial charge in [0, 0.05) is 23.2 Å². The summed E-state index contributed by atoms with van der Waals surface area (Å²) >= 11 is 0. The maximum atomic E-state index is 13.2. The van der Waals surface area contributed by atoms with Gasteiger partial charge >= 0.3 is 0 Å². The first-order chi connectivity index (χ1) is 13.7. The summed E-state index contributed by atoms with van der Waals surface area (Å²) in [7, 11) is 0. The molecule has 1 N–H and O–H groups in total. The van der Waals surface area contributed by atoms with Crippen molar-refractivity contribution in [2.45, 2.75) is 43.7 Å². The van der Waals surface area contributed by atoms with Crippen molar-refractivity contribution >= 4 is 5.91 Å². The lowest BCUT2D eigenvalue weighted by molar-refractivity contribution is 0.0571. The van der Waals surface area contributed by atoms with Crippen LogP contribution in [-0.2, 0) is 0 Å². The van der Waals surface area contributed by atoms with E-state index in [2.05, 4.69) is 25.5 Å². The molecule has 1 amide bonds. The number of halogens is 1. The van der Waals surface area contributed by atoms with Crippen molar-refractivity contribution in [3.8, 4) is 11.4 Å². The summed E-state index contributed by atoms with van der Waals surface area (Å²) in [6.07, 6.45) is 3.95. The first-order valence-corrected chi connectivity index (χ1v) is 9.61. The Kier molecular flexibility index (Phi) is 4.15. The molecular weight excluding hydrogens is 357 g/mol. The van der Waals surface area contributed by atoms with E-state index in [0.717, 1.165) is 31.2 Å². The SMILES string of the molecule is O=C(c1ccc(-c2nn[nH]n2)cc1)N1[C@@H]2CC[C@H]1CC(c1ccc(F)cc1)C2. The lowest BCUT2D eigenvalue weighted by Gasteiger charge is -2.39. The van der Waals surface area contributed by atoms with Gasteiger partial charge in [-0.15, -0.1) is 10.2 Å². The summed E-state index contributed by atoms with van der Waals surface area (Å²) in [5, 5.41) is 13.9. The lowest BCUT2D eigenvalue weighted by atomic mass is 9.85. The zero-order chi connectivity index (χ0) is 19.1. The number of H-pyrrole nitrogens is 1. The third kappa shape index (κ3) is 2.96. The number of piperidine rings is 1. The van der Waals surface area contributed by atoms with Gasteiger partial charge < -0.3 is 4.90 Å². The molecule has 2 aliphatic heterocycles. The number of benzene rings is 2. The Morgan fingerprint density at radius 2 is 1.68 bits per heavy atom. The molecule has 3 heterocycles. The Labute approximate surface area is 161 Å². The molecule has 3 atom stereocenters. The average molecular weight is 377 g/mol. The van der Waals surface area contributed by atoms with Crippen molar-refractivity contribution in [1.29, 1.82) is 0 Å². The van der Waals surface area contributed by atoms with Crippen LogP contribution in [0.3, 0.4) is 0 Å². The molecule has 5 rings (SSSR count). The molecule has 6 nitrogen and oxygen atoms in total. The number of amides is 1. The van der Waals surface area contributed by atoms with Crippen LogP contribution >= 0.6 is 0 Å². The zero-order valence-electron chi connectivity index (χ0n) is 15.3. The van der Waals surface area contributed by atoms with Gasteiger partial charge in [-0.1, -0.05) is 24.3 Å². The van der Waals surface area contributed by atoms with Crippen molar-refractivity contribution in [3.63, 3.8) is 0 Å². The Balaban J connectivity index is 1.33. The summed E-state index contributed by atoms with van der Waals surface area (Å²) in [6, 6.07) is 14.7. The number of carbonyl (C=O) groups excluding carboxylic acids is 1. The lowest BCUT2D eigenvalue weighted by Crippen LogP contribution is -2.46. The number of fused-ring (bicyclic) bond motifs is 2.